The Labute approximate surface area is 111 Å². The number of ether oxygens (including phenoxy) is 1. The van der Waals surface area contributed by atoms with E-state index in [1.165, 1.54) is 0 Å². The molecule has 0 aliphatic heterocycles. The number of phenols is 1. The maximum absolute atomic E-state index is 11.4. The number of hydrogen-bond donors (Lipinski definition) is 1. The number of carbonyl (C=O) groups excluding carboxylic acids is 1. The number of aryl methyl sites for hydroxylation is 1. The van der Waals surface area contributed by atoms with Gasteiger partial charge in [0.25, 0.3) is 0 Å². The predicted octanol–water partition coefficient (Wildman–Crippen LogP) is 1.90. The van der Waals surface area contributed by atoms with Gasteiger partial charge in [-0.05, 0) is 18.6 Å². The molecule has 1 N–H and O–H groups in total. The lowest BCUT2D eigenvalue weighted by Gasteiger charge is -2.06. The van der Waals surface area contributed by atoms with Crippen LogP contribution in [0.3, 0.4) is 0 Å². The van der Waals surface area contributed by atoms with Crippen molar-refractivity contribution in [1.29, 1.82) is 0 Å². The zero-order chi connectivity index (χ0) is 13.8. The highest BCUT2D eigenvalue weighted by atomic mass is 16.5. The first-order valence-electron chi connectivity index (χ1n) is 6.06. The number of carbonyl (C=O) groups is 1. The van der Waals surface area contributed by atoms with Gasteiger partial charge >= 0.3 is 5.97 Å². The third-order valence-corrected chi connectivity index (χ3v) is 2.76. The molecule has 0 amide bonds. The van der Waals surface area contributed by atoms with Gasteiger partial charge in [-0.15, -0.1) is 0 Å². The van der Waals surface area contributed by atoms with Gasteiger partial charge in [0.15, 0.2) is 0 Å². The number of aromatic hydroxyl groups is 1. The summed E-state index contributed by atoms with van der Waals surface area (Å²) < 4.78 is 6.55. The van der Waals surface area contributed by atoms with Gasteiger partial charge < -0.3 is 9.84 Å². The van der Waals surface area contributed by atoms with Crippen LogP contribution in [-0.2, 0) is 23.0 Å². The predicted molar refractivity (Wildman–Crippen MR) is 70.6 cm³/mol. The quantitative estimate of drug-likeness (QED) is 0.853. The van der Waals surface area contributed by atoms with Crippen molar-refractivity contribution in [1.82, 2.24) is 9.78 Å². The molecule has 0 aliphatic carbocycles. The minimum Gasteiger partial charge on any atom is -0.508 e. The lowest BCUT2D eigenvalue weighted by Crippen LogP contribution is -2.07. The van der Waals surface area contributed by atoms with Gasteiger partial charge in [-0.1, -0.05) is 12.1 Å². The minimum absolute atomic E-state index is 0.0764. The van der Waals surface area contributed by atoms with Crippen LogP contribution < -0.4 is 0 Å². The molecule has 2 rings (SSSR count). The van der Waals surface area contributed by atoms with E-state index in [1.807, 2.05) is 19.3 Å². The summed E-state index contributed by atoms with van der Waals surface area (Å²) in [5, 5.41) is 14.0. The summed E-state index contributed by atoms with van der Waals surface area (Å²) in [5.41, 5.74) is 2.34. The van der Waals surface area contributed by atoms with Crippen molar-refractivity contribution in [3.8, 4) is 16.9 Å². The zero-order valence-electron chi connectivity index (χ0n) is 11.0. The van der Waals surface area contributed by atoms with Crippen LogP contribution in [0.5, 0.6) is 5.75 Å². The van der Waals surface area contributed by atoms with Gasteiger partial charge in [-0.3, -0.25) is 9.48 Å². The first-order valence-corrected chi connectivity index (χ1v) is 6.06. The van der Waals surface area contributed by atoms with Crippen LogP contribution in [0, 0.1) is 0 Å². The van der Waals surface area contributed by atoms with Crippen LogP contribution in [0.15, 0.2) is 30.6 Å². The van der Waals surface area contributed by atoms with E-state index in [1.54, 1.807) is 29.9 Å². The van der Waals surface area contributed by atoms with Crippen molar-refractivity contribution in [2.45, 2.75) is 13.3 Å². The SMILES string of the molecule is CCOC(=O)Cc1ccc(-c2cnn(C)c2)cc1O. The van der Waals surface area contributed by atoms with Crippen LogP contribution in [-0.4, -0.2) is 27.5 Å². The van der Waals surface area contributed by atoms with E-state index in [9.17, 15) is 9.90 Å². The van der Waals surface area contributed by atoms with E-state index in [0.29, 0.717) is 12.2 Å². The van der Waals surface area contributed by atoms with E-state index >= 15 is 0 Å². The lowest BCUT2D eigenvalue weighted by molar-refractivity contribution is -0.142. The van der Waals surface area contributed by atoms with Crippen molar-refractivity contribution < 1.29 is 14.6 Å². The van der Waals surface area contributed by atoms with Crippen LogP contribution in [0.1, 0.15) is 12.5 Å². The molecule has 1 aromatic heterocycles. The van der Waals surface area contributed by atoms with Crippen molar-refractivity contribution in [2.75, 3.05) is 6.61 Å². The second-order valence-corrected chi connectivity index (χ2v) is 4.23. The Morgan fingerprint density at radius 1 is 1.42 bits per heavy atom. The van der Waals surface area contributed by atoms with Crippen molar-refractivity contribution >= 4 is 5.97 Å². The standard InChI is InChI=1S/C14H16N2O3/c1-3-19-14(18)7-11-5-4-10(6-13(11)17)12-8-15-16(2)9-12/h4-6,8-9,17H,3,7H2,1-2H3. The summed E-state index contributed by atoms with van der Waals surface area (Å²) in [5.74, 6) is -0.249. The van der Waals surface area contributed by atoms with Crippen LogP contribution in [0.4, 0.5) is 0 Å². The molecule has 0 spiro atoms. The molecule has 5 nitrogen and oxygen atoms in total. The second kappa shape index (κ2) is 5.56. The fraction of sp³-hybridized carbons (Fsp3) is 0.286. The Morgan fingerprint density at radius 3 is 2.79 bits per heavy atom. The molecule has 0 unspecified atom stereocenters. The highest BCUT2D eigenvalue weighted by Gasteiger charge is 2.10. The first kappa shape index (κ1) is 13.1. The second-order valence-electron chi connectivity index (χ2n) is 4.23. The van der Waals surface area contributed by atoms with E-state index in [0.717, 1.165) is 11.1 Å². The monoisotopic (exact) mass is 260 g/mol. The summed E-state index contributed by atoms with van der Waals surface area (Å²) in [6.45, 7) is 2.09. The Bertz CT molecular complexity index is 590. The molecule has 1 heterocycles. The Morgan fingerprint density at radius 2 is 2.21 bits per heavy atom. The molecule has 5 heteroatoms. The first-order chi connectivity index (χ1) is 9.10. The van der Waals surface area contributed by atoms with Crippen LogP contribution >= 0.6 is 0 Å². The van der Waals surface area contributed by atoms with Gasteiger partial charge in [0, 0.05) is 24.4 Å². The molecule has 0 bridgehead atoms. The maximum Gasteiger partial charge on any atom is 0.310 e. The molecular weight excluding hydrogens is 244 g/mol. The largest absolute Gasteiger partial charge is 0.508 e. The molecule has 1 aromatic carbocycles. The Hall–Kier alpha value is -2.30. The number of nitrogens with zero attached hydrogens (tertiary/aromatic N) is 2. The number of benzene rings is 1. The minimum atomic E-state index is -0.341. The molecule has 0 fully saturated rings. The number of rotatable bonds is 4. The van der Waals surface area contributed by atoms with Gasteiger partial charge in [-0.2, -0.15) is 5.10 Å². The lowest BCUT2D eigenvalue weighted by atomic mass is 10.0. The fourth-order valence-corrected chi connectivity index (χ4v) is 1.83. The average molecular weight is 260 g/mol. The maximum atomic E-state index is 11.4. The fourth-order valence-electron chi connectivity index (χ4n) is 1.83. The van der Waals surface area contributed by atoms with E-state index in [-0.39, 0.29) is 18.1 Å². The molecule has 0 radical (unpaired) electrons. The molecule has 19 heavy (non-hydrogen) atoms. The van der Waals surface area contributed by atoms with Crippen molar-refractivity contribution in [2.24, 2.45) is 7.05 Å². The third kappa shape index (κ3) is 3.13. The number of aromatic nitrogens is 2. The van der Waals surface area contributed by atoms with Gasteiger partial charge in [0.1, 0.15) is 5.75 Å². The Kier molecular flexibility index (Phi) is 3.85. The molecule has 0 atom stereocenters. The summed E-state index contributed by atoms with van der Waals surface area (Å²) in [6.07, 6.45) is 3.66. The summed E-state index contributed by atoms with van der Waals surface area (Å²) in [6, 6.07) is 5.21. The normalized spacial score (nSPS) is 10.4. The number of esters is 1. The molecular formula is C14H16N2O3. The van der Waals surface area contributed by atoms with E-state index < -0.39 is 0 Å². The highest BCUT2D eigenvalue weighted by molar-refractivity contribution is 5.74. The summed E-state index contributed by atoms with van der Waals surface area (Å²) in [4.78, 5) is 11.4. The van der Waals surface area contributed by atoms with Crippen LogP contribution in [0.25, 0.3) is 11.1 Å². The molecule has 0 aliphatic rings. The van der Waals surface area contributed by atoms with Gasteiger partial charge in [0.05, 0.1) is 19.2 Å². The highest BCUT2D eigenvalue weighted by Crippen LogP contribution is 2.26. The van der Waals surface area contributed by atoms with E-state index in [2.05, 4.69) is 5.10 Å². The third-order valence-electron chi connectivity index (χ3n) is 2.76. The Balaban J connectivity index is 2.20. The zero-order valence-corrected chi connectivity index (χ0v) is 11.0. The van der Waals surface area contributed by atoms with Crippen molar-refractivity contribution in [3.05, 3.63) is 36.2 Å². The molecule has 0 saturated carbocycles. The average Bonchev–Trinajstić information content (AvgIpc) is 2.79. The summed E-state index contributed by atoms with van der Waals surface area (Å²) in [7, 11) is 1.83. The van der Waals surface area contributed by atoms with Gasteiger partial charge in [0.2, 0.25) is 0 Å². The smallest absolute Gasteiger partial charge is 0.310 e. The number of hydrogen-bond acceptors (Lipinski definition) is 4. The van der Waals surface area contributed by atoms with Gasteiger partial charge in [-0.25, -0.2) is 0 Å². The van der Waals surface area contributed by atoms with E-state index in [4.69, 9.17) is 4.74 Å². The number of phenolic OH excluding ortho intramolecular Hbond substituents is 1. The van der Waals surface area contributed by atoms with Crippen molar-refractivity contribution in [3.63, 3.8) is 0 Å². The summed E-state index contributed by atoms with van der Waals surface area (Å²) >= 11 is 0. The molecule has 100 valence electrons. The molecule has 2 aromatic rings. The topological polar surface area (TPSA) is 64.3 Å². The molecule has 0 saturated heterocycles. The van der Waals surface area contributed by atoms with Crippen LogP contribution in [0.2, 0.25) is 0 Å².